The van der Waals surface area contributed by atoms with Gasteiger partial charge >= 0.3 is 0 Å². The zero-order chi connectivity index (χ0) is 18.6. The van der Waals surface area contributed by atoms with E-state index in [1.54, 1.807) is 12.1 Å². The lowest BCUT2D eigenvalue weighted by molar-refractivity contribution is -0.118. The Balaban J connectivity index is 2.08. The molecule has 0 aliphatic heterocycles. The van der Waals surface area contributed by atoms with Crippen LogP contribution in [0.2, 0.25) is 0 Å². The molecule has 0 aliphatic carbocycles. The van der Waals surface area contributed by atoms with Gasteiger partial charge < -0.3 is 10.6 Å². The van der Waals surface area contributed by atoms with Gasteiger partial charge in [-0.2, -0.15) is 0 Å². The minimum Gasteiger partial charge on any atom is -0.340 e. The van der Waals surface area contributed by atoms with Crippen molar-refractivity contribution in [2.24, 2.45) is 5.92 Å². The van der Waals surface area contributed by atoms with E-state index in [2.05, 4.69) is 15.6 Å². The highest BCUT2D eigenvalue weighted by atomic mass is 32.1. The summed E-state index contributed by atoms with van der Waals surface area (Å²) in [5.74, 6) is -0.884. The summed E-state index contributed by atoms with van der Waals surface area (Å²) < 4.78 is 0. The van der Waals surface area contributed by atoms with Crippen LogP contribution in [0.3, 0.4) is 0 Å². The summed E-state index contributed by atoms with van der Waals surface area (Å²) in [6, 6.07) is 6.43. The van der Waals surface area contributed by atoms with Gasteiger partial charge in [0, 0.05) is 12.5 Å². The molecule has 0 aliphatic rings. The molecule has 0 bridgehead atoms. The first-order valence-electron chi connectivity index (χ1n) is 7.93. The van der Waals surface area contributed by atoms with E-state index >= 15 is 0 Å². The number of aromatic nitrogens is 1. The van der Waals surface area contributed by atoms with E-state index in [9.17, 15) is 14.4 Å². The van der Waals surface area contributed by atoms with Crippen LogP contribution in [0.5, 0.6) is 0 Å². The van der Waals surface area contributed by atoms with Crippen molar-refractivity contribution < 1.29 is 14.4 Å². The summed E-state index contributed by atoms with van der Waals surface area (Å²) in [6.07, 6.45) is 1.43. The van der Waals surface area contributed by atoms with Crippen molar-refractivity contribution in [3.05, 3.63) is 46.5 Å². The van der Waals surface area contributed by atoms with E-state index in [0.29, 0.717) is 15.6 Å². The SMILES string of the molecule is CC(=O)c1cnc(NC(=O)C(NC(=O)c2ccc(C)cc2)C(C)C)s1. The maximum Gasteiger partial charge on any atom is 0.251 e. The molecular weight excluding hydrogens is 338 g/mol. The molecule has 2 rings (SSSR count). The third kappa shape index (κ3) is 4.96. The Kier molecular flexibility index (Phi) is 6.03. The van der Waals surface area contributed by atoms with E-state index in [1.165, 1.54) is 13.1 Å². The fraction of sp³-hybridized carbons (Fsp3) is 0.333. The van der Waals surface area contributed by atoms with Crippen molar-refractivity contribution in [2.75, 3.05) is 5.32 Å². The molecule has 25 heavy (non-hydrogen) atoms. The molecular formula is C18H21N3O3S. The lowest BCUT2D eigenvalue weighted by Crippen LogP contribution is -2.47. The average molecular weight is 359 g/mol. The van der Waals surface area contributed by atoms with E-state index in [0.717, 1.165) is 16.9 Å². The van der Waals surface area contributed by atoms with Gasteiger partial charge in [0.15, 0.2) is 10.9 Å². The first-order valence-corrected chi connectivity index (χ1v) is 8.74. The number of nitrogens with zero attached hydrogens (tertiary/aromatic N) is 1. The number of carbonyl (C=O) groups excluding carboxylic acids is 3. The highest BCUT2D eigenvalue weighted by Gasteiger charge is 2.25. The van der Waals surface area contributed by atoms with Crippen molar-refractivity contribution in [3.8, 4) is 0 Å². The standard InChI is InChI=1S/C18H21N3O3S/c1-10(2)15(20-16(23)13-7-5-11(3)6-8-13)17(24)21-18-19-9-14(25-18)12(4)22/h5-10,15H,1-4H3,(H,20,23)(H,19,21,24). The number of ketones is 1. The Hall–Kier alpha value is -2.54. The first kappa shape index (κ1) is 18.8. The maximum absolute atomic E-state index is 12.5. The summed E-state index contributed by atoms with van der Waals surface area (Å²) in [6.45, 7) is 7.08. The summed E-state index contributed by atoms with van der Waals surface area (Å²) in [5, 5.41) is 5.77. The van der Waals surface area contributed by atoms with Gasteiger partial charge in [-0.25, -0.2) is 4.98 Å². The molecule has 0 fully saturated rings. The van der Waals surface area contributed by atoms with Crippen LogP contribution in [0.25, 0.3) is 0 Å². The Labute approximate surface area is 150 Å². The lowest BCUT2D eigenvalue weighted by Gasteiger charge is -2.21. The molecule has 132 valence electrons. The minimum absolute atomic E-state index is 0.105. The molecule has 1 heterocycles. The molecule has 6 nitrogen and oxygen atoms in total. The second kappa shape index (κ2) is 8.02. The summed E-state index contributed by atoms with van der Waals surface area (Å²) in [4.78, 5) is 40.7. The lowest BCUT2D eigenvalue weighted by atomic mass is 10.0. The molecule has 0 saturated heterocycles. The van der Waals surface area contributed by atoms with Gasteiger partial charge in [-0.1, -0.05) is 42.9 Å². The molecule has 1 atom stereocenters. The smallest absolute Gasteiger partial charge is 0.251 e. The number of hydrogen-bond donors (Lipinski definition) is 2. The predicted molar refractivity (Wildman–Crippen MR) is 98.0 cm³/mol. The number of aryl methyl sites for hydroxylation is 1. The second-order valence-electron chi connectivity index (χ2n) is 6.14. The molecule has 0 radical (unpaired) electrons. The van der Waals surface area contributed by atoms with Gasteiger partial charge in [0.1, 0.15) is 6.04 Å². The van der Waals surface area contributed by atoms with Crippen LogP contribution in [-0.2, 0) is 4.79 Å². The van der Waals surface area contributed by atoms with Crippen LogP contribution in [0.4, 0.5) is 5.13 Å². The third-order valence-corrected chi connectivity index (χ3v) is 4.65. The van der Waals surface area contributed by atoms with Crippen LogP contribution in [0, 0.1) is 12.8 Å². The Morgan fingerprint density at radius 2 is 1.76 bits per heavy atom. The van der Waals surface area contributed by atoms with E-state index in [4.69, 9.17) is 0 Å². The minimum atomic E-state index is -0.710. The van der Waals surface area contributed by atoms with Gasteiger partial charge in [-0.3, -0.25) is 14.4 Å². The number of nitrogens with one attached hydrogen (secondary N) is 2. The van der Waals surface area contributed by atoms with Gasteiger partial charge in [0.05, 0.1) is 11.1 Å². The Morgan fingerprint density at radius 3 is 2.28 bits per heavy atom. The Morgan fingerprint density at radius 1 is 1.12 bits per heavy atom. The molecule has 0 saturated carbocycles. The van der Waals surface area contributed by atoms with Gasteiger partial charge in [-0.05, 0) is 25.0 Å². The van der Waals surface area contributed by atoms with Crippen LogP contribution < -0.4 is 10.6 Å². The topological polar surface area (TPSA) is 88.2 Å². The van der Waals surface area contributed by atoms with Crippen LogP contribution >= 0.6 is 11.3 Å². The molecule has 2 aromatic rings. The monoisotopic (exact) mass is 359 g/mol. The maximum atomic E-state index is 12.5. The van der Waals surface area contributed by atoms with E-state index < -0.39 is 6.04 Å². The first-order chi connectivity index (χ1) is 11.8. The van der Waals surface area contributed by atoms with Crippen molar-refractivity contribution in [1.29, 1.82) is 0 Å². The van der Waals surface area contributed by atoms with Crippen molar-refractivity contribution in [1.82, 2.24) is 10.3 Å². The van der Waals surface area contributed by atoms with Gasteiger partial charge in [0.25, 0.3) is 5.91 Å². The van der Waals surface area contributed by atoms with Crippen LogP contribution in [0.15, 0.2) is 30.5 Å². The highest BCUT2D eigenvalue weighted by Crippen LogP contribution is 2.19. The molecule has 7 heteroatoms. The predicted octanol–water partition coefficient (Wildman–Crippen LogP) is 3.05. The number of rotatable bonds is 6. The molecule has 1 unspecified atom stereocenters. The summed E-state index contributed by atoms with van der Waals surface area (Å²) >= 11 is 1.11. The van der Waals surface area contributed by atoms with Crippen molar-refractivity contribution in [3.63, 3.8) is 0 Å². The quantitative estimate of drug-likeness (QED) is 0.776. The van der Waals surface area contributed by atoms with Gasteiger partial charge in [0.2, 0.25) is 5.91 Å². The average Bonchev–Trinajstić information content (AvgIpc) is 3.01. The molecule has 2 N–H and O–H groups in total. The number of carbonyl (C=O) groups is 3. The fourth-order valence-electron chi connectivity index (χ4n) is 2.14. The number of hydrogen-bond acceptors (Lipinski definition) is 5. The zero-order valence-corrected chi connectivity index (χ0v) is 15.4. The van der Waals surface area contributed by atoms with Crippen LogP contribution in [-0.4, -0.2) is 28.6 Å². The molecule has 0 spiro atoms. The normalized spacial score (nSPS) is 11.9. The number of anilines is 1. The van der Waals surface area contributed by atoms with Crippen LogP contribution in [0.1, 0.15) is 46.4 Å². The van der Waals surface area contributed by atoms with Crippen molar-refractivity contribution >= 4 is 34.1 Å². The number of Topliss-reactive ketones (excluding diaryl/α,β-unsaturated/α-hetero) is 1. The summed E-state index contributed by atoms with van der Waals surface area (Å²) in [7, 11) is 0. The molecule has 1 aromatic carbocycles. The number of benzene rings is 1. The number of amides is 2. The Bertz CT molecular complexity index is 781. The summed E-state index contributed by atoms with van der Waals surface area (Å²) in [5.41, 5.74) is 1.55. The second-order valence-corrected chi connectivity index (χ2v) is 7.17. The zero-order valence-electron chi connectivity index (χ0n) is 14.6. The number of thiazole rings is 1. The van der Waals surface area contributed by atoms with Gasteiger partial charge in [-0.15, -0.1) is 0 Å². The van der Waals surface area contributed by atoms with E-state index in [-0.39, 0.29) is 23.5 Å². The molecule has 2 amide bonds. The molecule has 1 aromatic heterocycles. The third-order valence-electron chi connectivity index (χ3n) is 3.63. The van der Waals surface area contributed by atoms with E-state index in [1.807, 2.05) is 32.9 Å². The largest absolute Gasteiger partial charge is 0.340 e. The van der Waals surface area contributed by atoms with Crippen molar-refractivity contribution in [2.45, 2.75) is 33.7 Å². The fourth-order valence-corrected chi connectivity index (χ4v) is 2.86. The highest BCUT2D eigenvalue weighted by molar-refractivity contribution is 7.17.